The van der Waals surface area contributed by atoms with Crippen LogP contribution in [-0.2, 0) is 18.6 Å². The molecule has 17 heavy (non-hydrogen) atoms. The van der Waals surface area contributed by atoms with Crippen molar-refractivity contribution in [3.05, 3.63) is 0 Å². The summed E-state index contributed by atoms with van der Waals surface area (Å²) in [5.74, 6) is -0.0872. The lowest BCUT2D eigenvalue weighted by atomic mass is 10.5. The predicted octanol–water partition coefficient (Wildman–Crippen LogP) is 1.59. The Morgan fingerprint density at radius 2 is 1.53 bits per heavy atom. The summed E-state index contributed by atoms with van der Waals surface area (Å²) in [7, 11) is -0.519. The van der Waals surface area contributed by atoms with Crippen LogP contribution in [0, 0.1) is 0 Å². The van der Waals surface area contributed by atoms with E-state index in [0.717, 1.165) is 18.2 Å². The van der Waals surface area contributed by atoms with Crippen LogP contribution in [0.3, 0.4) is 0 Å². The molecule has 0 radical (unpaired) electrons. The standard InChI is InChI=1S/C11H26O4SSi/c1-4-12-11(13-5-2,14-6-3)10-15-17-9-7-8-16/h16H,4-10,17H2,1-3H3. The topological polar surface area (TPSA) is 36.9 Å². The summed E-state index contributed by atoms with van der Waals surface area (Å²) in [4.78, 5) is 0. The number of hydrogen-bond donors (Lipinski definition) is 1. The molecule has 0 saturated carbocycles. The number of hydrogen-bond acceptors (Lipinski definition) is 5. The lowest BCUT2D eigenvalue weighted by molar-refractivity contribution is -0.385. The molecule has 0 N–H and O–H groups in total. The highest BCUT2D eigenvalue weighted by Gasteiger charge is 2.32. The smallest absolute Gasteiger partial charge is 0.306 e. The normalized spacial score (nSPS) is 12.7. The Balaban J connectivity index is 4.05. The van der Waals surface area contributed by atoms with Crippen LogP contribution in [0.15, 0.2) is 0 Å². The molecule has 0 aromatic rings. The first-order valence-electron chi connectivity index (χ1n) is 6.35. The van der Waals surface area contributed by atoms with Crippen molar-refractivity contribution in [3.8, 4) is 0 Å². The molecule has 0 heterocycles. The van der Waals surface area contributed by atoms with Gasteiger partial charge in [0.05, 0.1) is 0 Å². The SMILES string of the molecule is CCOC(CO[SiH2]CCCS)(OCC)OCC. The van der Waals surface area contributed by atoms with Gasteiger partial charge in [-0.05, 0) is 39.0 Å². The van der Waals surface area contributed by atoms with E-state index >= 15 is 0 Å². The zero-order valence-electron chi connectivity index (χ0n) is 11.2. The molecule has 0 aliphatic rings. The van der Waals surface area contributed by atoms with Gasteiger partial charge in [-0.25, -0.2) is 0 Å². The Labute approximate surface area is 113 Å². The maximum Gasteiger partial charge on any atom is 0.306 e. The third-order valence-corrected chi connectivity index (χ3v) is 3.67. The van der Waals surface area contributed by atoms with Crippen LogP contribution in [-0.4, -0.2) is 47.9 Å². The minimum atomic E-state index is -1.01. The van der Waals surface area contributed by atoms with Crippen molar-refractivity contribution in [3.63, 3.8) is 0 Å². The maximum absolute atomic E-state index is 5.69. The van der Waals surface area contributed by atoms with E-state index in [4.69, 9.17) is 18.6 Å². The van der Waals surface area contributed by atoms with Gasteiger partial charge in [-0.3, -0.25) is 0 Å². The van der Waals surface area contributed by atoms with E-state index in [1.165, 1.54) is 0 Å². The molecule has 0 saturated heterocycles. The molecule has 104 valence electrons. The predicted molar refractivity (Wildman–Crippen MR) is 75.4 cm³/mol. The lowest BCUT2D eigenvalue weighted by Gasteiger charge is -2.32. The molecule has 0 aliphatic carbocycles. The highest BCUT2D eigenvalue weighted by atomic mass is 32.1. The van der Waals surface area contributed by atoms with E-state index in [0.29, 0.717) is 26.4 Å². The van der Waals surface area contributed by atoms with E-state index in [2.05, 4.69) is 12.6 Å². The number of ether oxygens (including phenoxy) is 3. The quantitative estimate of drug-likeness (QED) is 0.255. The molecule has 0 bridgehead atoms. The van der Waals surface area contributed by atoms with Crippen LogP contribution < -0.4 is 0 Å². The van der Waals surface area contributed by atoms with Gasteiger partial charge in [-0.15, -0.1) is 0 Å². The molecular formula is C11H26O4SSi. The Morgan fingerprint density at radius 1 is 1.00 bits per heavy atom. The Morgan fingerprint density at radius 3 is 1.94 bits per heavy atom. The molecule has 0 fully saturated rings. The van der Waals surface area contributed by atoms with Crippen LogP contribution >= 0.6 is 12.6 Å². The first kappa shape index (κ1) is 17.4. The van der Waals surface area contributed by atoms with Gasteiger partial charge in [-0.1, -0.05) is 0 Å². The van der Waals surface area contributed by atoms with Gasteiger partial charge >= 0.3 is 5.97 Å². The van der Waals surface area contributed by atoms with Gasteiger partial charge in [-0.2, -0.15) is 12.6 Å². The van der Waals surface area contributed by atoms with E-state index < -0.39 is 15.7 Å². The van der Waals surface area contributed by atoms with E-state index in [1.807, 2.05) is 20.8 Å². The minimum absolute atomic E-state index is 0.362. The zero-order chi connectivity index (χ0) is 13.0. The van der Waals surface area contributed by atoms with Gasteiger partial charge in [0.15, 0.2) is 9.76 Å². The van der Waals surface area contributed by atoms with E-state index in [9.17, 15) is 0 Å². The van der Waals surface area contributed by atoms with E-state index in [-0.39, 0.29) is 0 Å². The van der Waals surface area contributed by atoms with Crippen molar-refractivity contribution < 1.29 is 18.6 Å². The number of thiol groups is 1. The van der Waals surface area contributed by atoms with Crippen molar-refractivity contribution in [1.29, 1.82) is 0 Å². The molecule has 0 amide bonds. The number of rotatable bonds is 12. The fourth-order valence-corrected chi connectivity index (χ4v) is 3.12. The second-order valence-electron chi connectivity index (χ2n) is 3.47. The fraction of sp³-hybridized carbons (Fsp3) is 1.00. The third-order valence-electron chi connectivity index (χ3n) is 2.07. The second kappa shape index (κ2) is 11.5. The Kier molecular flexibility index (Phi) is 11.8. The van der Waals surface area contributed by atoms with Gasteiger partial charge in [0, 0.05) is 19.8 Å². The highest BCUT2D eigenvalue weighted by molar-refractivity contribution is 7.80. The van der Waals surface area contributed by atoms with Crippen molar-refractivity contribution in [2.45, 2.75) is 39.2 Å². The van der Waals surface area contributed by atoms with Gasteiger partial charge in [0.2, 0.25) is 0 Å². The largest absolute Gasteiger partial charge is 0.416 e. The molecule has 6 heteroatoms. The summed E-state index contributed by atoms with van der Waals surface area (Å²) >= 11 is 4.17. The summed E-state index contributed by atoms with van der Waals surface area (Å²) in [5, 5.41) is 0. The molecule has 4 nitrogen and oxygen atoms in total. The second-order valence-corrected chi connectivity index (χ2v) is 5.44. The van der Waals surface area contributed by atoms with Crippen LogP contribution in [0.2, 0.25) is 6.04 Å². The summed E-state index contributed by atoms with van der Waals surface area (Å²) in [5.41, 5.74) is 0. The molecule has 0 aromatic carbocycles. The van der Waals surface area contributed by atoms with Crippen LogP contribution in [0.1, 0.15) is 27.2 Å². The van der Waals surface area contributed by atoms with Crippen LogP contribution in [0.4, 0.5) is 0 Å². The van der Waals surface area contributed by atoms with E-state index in [1.54, 1.807) is 0 Å². The molecule has 0 atom stereocenters. The van der Waals surface area contributed by atoms with Gasteiger partial charge in [0.1, 0.15) is 6.61 Å². The minimum Gasteiger partial charge on any atom is -0.416 e. The molecular weight excluding hydrogens is 256 g/mol. The fourth-order valence-electron chi connectivity index (χ4n) is 1.42. The Bertz CT molecular complexity index is 155. The van der Waals surface area contributed by atoms with Crippen molar-refractivity contribution in [2.75, 3.05) is 32.2 Å². The maximum atomic E-state index is 5.69. The van der Waals surface area contributed by atoms with Gasteiger partial charge < -0.3 is 18.6 Å². The summed E-state index contributed by atoms with van der Waals surface area (Å²) < 4.78 is 22.4. The summed E-state index contributed by atoms with van der Waals surface area (Å²) in [6, 6.07) is 1.13. The van der Waals surface area contributed by atoms with Crippen LogP contribution in [0.5, 0.6) is 0 Å². The highest BCUT2D eigenvalue weighted by Crippen LogP contribution is 2.16. The summed E-state index contributed by atoms with van der Waals surface area (Å²) in [6.45, 7) is 7.76. The van der Waals surface area contributed by atoms with Gasteiger partial charge in [0.25, 0.3) is 0 Å². The average Bonchev–Trinajstić information content (AvgIpc) is 2.30. The van der Waals surface area contributed by atoms with Crippen molar-refractivity contribution in [2.24, 2.45) is 0 Å². The molecule has 0 aliphatic heterocycles. The monoisotopic (exact) mass is 282 g/mol. The third kappa shape index (κ3) is 8.18. The van der Waals surface area contributed by atoms with Crippen molar-refractivity contribution in [1.82, 2.24) is 0 Å². The molecule has 0 unspecified atom stereocenters. The molecule has 0 spiro atoms. The average molecular weight is 282 g/mol. The first-order chi connectivity index (χ1) is 8.24. The molecule has 0 rings (SSSR count). The lowest BCUT2D eigenvalue weighted by Crippen LogP contribution is -2.44. The summed E-state index contributed by atoms with van der Waals surface area (Å²) in [6.07, 6.45) is 1.11. The first-order valence-corrected chi connectivity index (χ1v) is 8.56. The molecule has 0 aromatic heterocycles. The zero-order valence-corrected chi connectivity index (χ0v) is 13.5. The Hall–Kier alpha value is 0.407. The van der Waals surface area contributed by atoms with Crippen LogP contribution in [0.25, 0.3) is 0 Å². The van der Waals surface area contributed by atoms with Crippen molar-refractivity contribution >= 4 is 22.4 Å².